The molecule has 2 nitrogen and oxygen atoms in total. The van der Waals surface area contributed by atoms with E-state index in [2.05, 4.69) is 17.2 Å². The summed E-state index contributed by atoms with van der Waals surface area (Å²) in [5.74, 6) is 1.91. The largest absolute Gasteiger partial charge is 0.310 e. The second-order valence-corrected chi connectivity index (χ2v) is 5.83. The molecular weight excluding hydrogens is 216 g/mol. The van der Waals surface area contributed by atoms with Crippen LogP contribution in [0.3, 0.4) is 0 Å². The van der Waals surface area contributed by atoms with E-state index in [9.17, 15) is 0 Å². The minimum atomic E-state index is 0.905. The Morgan fingerprint density at radius 3 is 2.69 bits per heavy atom. The van der Waals surface area contributed by atoms with Crippen molar-refractivity contribution in [3.63, 3.8) is 0 Å². The first-order valence-electron chi connectivity index (χ1n) is 6.47. The Balaban J connectivity index is 1.60. The molecule has 3 heteroatoms. The number of nitrogens with one attached hydrogen (secondary N) is 1. The Bertz CT molecular complexity index is 276. The molecule has 1 aliphatic rings. The van der Waals surface area contributed by atoms with Crippen LogP contribution in [-0.4, -0.2) is 11.5 Å². The average molecular weight is 238 g/mol. The van der Waals surface area contributed by atoms with Crippen molar-refractivity contribution in [3.8, 4) is 0 Å². The molecule has 0 saturated heterocycles. The fourth-order valence-corrected chi connectivity index (χ4v) is 3.15. The van der Waals surface area contributed by atoms with Crippen molar-refractivity contribution in [2.75, 3.05) is 6.54 Å². The number of aromatic nitrogens is 1. The molecule has 0 aliphatic heterocycles. The molecule has 0 radical (unpaired) electrons. The Hall–Kier alpha value is -0.410. The van der Waals surface area contributed by atoms with Crippen LogP contribution in [0.5, 0.6) is 0 Å². The Labute approximate surface area is 102 Å². The highest BCUT2D eigenvalue weighted by Gasteiger charge is 2.19. The van der Waals surface area contributed by atoms with Gasteiger partial charge in [0.15, 0.2) is 0 Å². The number of hydrogen-bond acceptors (Lipinski definition) is 3. The summed E-state index contributed by atoms with van der Waals surface area (Å²) < 4.78 is 0. The summed E-state index contributed by atoms with van der Waals surface area (Å²) in [6, 6.07) is 0. The molecule has 1 aliphatic carbocycles. The third-order valence-corrected chi connectivity index (χ3v) is 4.52. The van der Waals surface area contributed by atoms with E-state index in [4.69, 9.17) is 0 Å². The van der Waals surface area contributed by atoms with Crippen LogP contribution in [0.2, 0.25) is 0 Å². The standard InChI is InChI=1S/C13H22N2S/c1-2-11-3-5-12(6-4-11)9-14-10-13-15-7-8-16-13/h7-8,11-12,14H,2-6,9-10H2,1H3. The van der Waals surface area contributed by atoms with Crippen LogP contribution in [0.4, 0.5) is 0 Å². The number of thiazole rings is 1. The first-order chi connectivity index (χ1) is 7.88. The maximum atomic E-state index is 4.28. The topological polar surface area (TPSA) is 24.9 Å². The SMILES string of the molecule is CCC1CCC(CNCc2nccs2)CC1. The molecule has 1 N–H and O–H groups in total. The first kappa shape index (κ1) is 12.1. The second kappa shape index (κ2) is 6.36. The molecule has 1 saturated carbocycles. The quantitative estimate of drug-likeness (QED) is 0.850. The van der Waals surface area contributed by atoms with E-state index in [1.165, 1.54) is 43.7 Å². The van der Waals surface area contributed by atoms with Crippen molar-refractivity contribution in [3.05, 3.63) is 16.6 Å². The maximum Gasteiger partial charge on any atom is 0.106 e. The van der Waals surface area contributed by atoms with Crippen molar-refractivity contribution in [1.29, 1.82) is 0 Å². The summed E-state index contributed by atoms with van der Waals surface area (Å²) in [6.45, 7) is 4.45. The van der Waals surface area contributed by atoms with E-state index in [-0.39, 0.29) is 0 Å². The highest BCUT2D eigenvalue weighted by Crippen LogP contribution is 2.30. The third-order valence-electron chi connectivity index (χ3n) is 3.74. The van der Waals surface area contributed by atoms with Crippen LogP contribution in [-0.2, 0) is 6.54 Å². The fourth-order valence-electron chi connectivity index (χ4n) is 2.57. The fraction of sp³-hybridized carbons (Fsp3) is 0.769. The molecule has 1 fully saturated rings. The molecule has 0 amide bonds. The Morgan fingerprint density at radius 2 is 2.06 bits per heavy atom. The van der Waals surface area contributed by atoms with Crippen LogP contribution in [0, 0.1) is 11.8 Å². The average Bonchev–Trinajstić information content (AvgIpc) is 2.83. The van der Waals surface area contributed by atoms with Gasteiger partial charge in [0.25, 0.3) is 0 Å². The lowest BCUT2D eigenvalue weighted by atomic mass is 9.81. The summed E-state index contributed by atoms with van der Waals surface area (Å²) in [4.78, 5) is 4.28. The normalized spacial score (nSPS) is 25.8. The van der Waals surface area contributed by atoms with Gasteiger partial charge in [0.1, 0.15) is 5.01 Å². The lowest BCUT2D eigenvalue weighted by Crippen LogP contribution is -2.26. The number of rotatable bonds is 5. The molecule has 0 bridgehead atoms. The van der Waals surface area contributed by atoms with E-state index < -0.39 is 0 Å². The van der Waals surface area contributed by atoms with Crippen LogP contribution in [0.15, 0.2) is 11.6 Å². The van der Waals surface area contributed by atoms with Gasteiger partial charge in [0.2, 0.25) is 0 Å². The van der Waals surface area contributed by atoms with Crippen molar-refractivity contribution in [1.82, 2.24) is 10.3 Å². The van der Waals surface area contributed by atoms with Gasteiger partial charge in [-0.05, 0) is 31.2 Å². The van der Waals surface area contributed by atoms with Crippen molar-refractivity contribution < 1.29 is 0 Å². The molecule has 0 unspecified atom stereocenters. The molecule has 16 heavy (non-hydrogen) atoms. The molecule has 1 aromatic rings. The molecule has 0 spiro atoms. The van der Waals surface area contributed by atoms with Crippen LogP contribution in [0.1, 0.15) is 44.0 Å². The van der Waals surface area contributed by atoms with Gasteiger partial charge in [-0.3, -0.25) is 0 Å². The maximum absolute atomic E-state index is 4.28. The Kier molecular flexibility index (Phi) is 4.79. The van der Waals surface area contributed by atoms with Gasteiger partial charge in [0.05, 0.1) is 0 Å². The van der Waals surface area contributed by atoms with Crippen molar-refractivity contribution >= 4 is 11.3 Å². The van der Waals surface area contributed by atoms with Crippen molar-refractivity contribution in [2.45, 2.75) is 45.6 Å². The molecular formula is C13H22N2S. The summed E-state index contributed by atoms with van der Waals surface area (Å²) >= 11 is 1.74. The molecule has 0 atom stereocenters. The van der Waals surface area contributed by atoms with Gasteiger partial charge in [-0.1, -0.05) is 26.2 Å². The summed E-state index contributed by atoms with van der Waals surface area (Å²) in [7, 11) is 0. The monoisotopic (exact) mass is 238 g/mol. The zero-order valence-electron chi connectivity index (χ0n) is 10.1. The summed E-state index contributed by atoms with van der Waals surface area (Å²) in [5.41, 5.74) is 0. The van der Waals surface area contributed by atoms with E-state index in [0.29, 0.717) is 0 Å². The highest BCUT2D eigenvalue weighted by atomic mass is 32.1. The third kappa shape index (κ3) is 3.56. The lowest BCUT2D eigenvalue weighted by molar-refractivity contribution is 0.262. The van der Waals surface area contributed by atoms with E-state index >= 15 is 0 Å². The van der Waals surface area contributed by atoms with Gasteiger partial charge in [-0.25, -0.2) is 4.98 Å². The minimum absolute atomic E-state index is 0.905. The first-order valence-corrected chi connectivity index (χ1v) is 7.35. The smallest absolute Gasteiger partial charge is 0.106 e. The highest BCUT2D eigenvalue weighted by molar-refractivity contribution is 7.09. The molecule has 0 aromatic carbocycles. The van der Waals surface area contributed by atoms with Gasteiger partial charge in [-0.15, -0.1) is 11.3 Å². The van der Waals surface area contributed by atoms with E-state index in [1.807, 2.05) is 11.6 Å². The van der Waals surface area contributed by atoms with E-state index in [0.717, 1.165) is 18.4 Å². The Morgan fingerprint density at radius 1 is 1.31 bits per heavy atom. The lowest BCUT2D eigenvalue weighted by Gasteiger charge is -2.27. The number of nitrogens with zero attached hydrogens (tertiary/aromatic N) is 1. The van der Waals surface area contributed by atoms with Crippen LogP contribution < -0.4 is 5.32 Å². The van der Waals surface area contributed by atoms with Crippen LogP contribution >= 0.6 is 11.3 Å². The molecule has 1 aromatic heterocycles. The van der Waals surface area contributed by atoms with Crippen molar-refractivity contribution in [2.24, 2.45) is 11.8 Å². The van der Waals surface area contributed by atoms with Crippen LogP contribution in [0.25, 0.3) is 0 Å². The predicted molar refractivity (Wildman–Crippen MR) is 69.6 cm³/mol. The summed E-state index contributed by atoms with van der Waals surface area (Å²) in [5, 5.41) is 6.79. The molecule has 90 valence electrons. The van der Waals surface area contributed by atoms with Gasteiger partial charge >= 0.3 is 0 Å². The van der Waals surface area contributed by atoms with Gasteiger partial charge < -0.3 is 5.32 Å². The second-order valence-electron chi connectivity index (χ2n) is 4.85. The predicted octanol–water partition coefficient (Wildman–Crippen LogP) is 3.45. The summed E-state index contributed by atoms with van der Waals surface area (Å²) in [6.07, 6.45) is 8.99. The molecule has 1 heterocycles. The minimum Gasteiger partial charge on any atom is -0.310 e. The van der Waals surface area contributed by atoms with E-state index in [1.54, 1.807) is 11.3 Å². The number of hydrogen-bond donors (Lipinski definition) is 1. The van der Waals surface area contributed by atoms with Gasteiger partial charge in [-0.2, -0.15) is 0 Å². The zero-order chi connectivity index (χ0) is 11.2. The zero-order valence-corrected chi connectivity index (χ0v) is 10.9. The van der Waals surface area contributed by atoms with Gasteiger partial charge in [0, 0.05) is 18.1 Å². The molecule has 2 rings (SSSR count).